The van der Waals surface area contributed by atoms with Crippen LogP contribution in [0, 0.1) is 13.8 Å². The van der Waals surface area contributed by atoms with E-state index in [0.29, 0.717) is 28.2 Å². The monoisotopic (exact) mass is 298 g/mol. The summed E-state index contributed by atoms with van der Waals surface area (Å²) >= 11 is 0. The van der Waals surface area contributed by atoms with Gasteiger partial charge >= 0.3 is 0 Å². The number of hydrazine groups is 1. The summed E-state index contributed by atoms with van der Waals surface area (Å²) in [6.45, 7) is 3.44. The molecule has 112 valence electrons. The lowest BCUT2D eigenvalue weighted by Crippen LogP contribution is -2.41. The molecule has 0 aliphatic carbocycles. The van der Waals surface area contributed by atoms with E-state index in [2.05, 4.69) is 21.0 Å². The van der Waals surface area contributed by atoms with Gasteiger partial charge in [0.05, 0.1) is 22.8 Å². The van der Waals surface area contributed by atoms with Gasteiger partial charge < -0.3 is 4.42 Å². The Hall–Kier alpha value is -3.09. The number of aromatic nitrogens is 2. The van der Waals surface area contributed by atoms with Gasteiger partial charge in [0.2, 0.25) is 0 Å². The van der Waals surface area contributed by atoms with Gasteiger partial charge in [-0.3, -0.25) is 25.5 Å². The molecule has 0 saturated carbocycles. The van der Waals surface area contributed by atoms with Gasteiger partial charge in [-0.05, 0) is 26.0 Å². The van der Waals surface area contributed by atoms with Crippen molar-refractivity contribution < 1.29 is 14.0 Å². The van der Waals surface area contributed by atoms with Gasteiger partial charge in [-0.25, -0.2) is 0 Å². The van der Waals surface area contributed by atoms with Crippen LogP contribution in [0.25, 0.3) is 10.9 Å². The van der Waals surface area contributed by atoms with Crippen molar-refractivity contribution in [1.82, 2.24) is 21.0 Å². The Balaban J connectivity index is 1.74. The normalized spacial score (nSPS) is 10.6. The molecule has 0 unspecified atom stereocenters. The lowest BCUT2D eigenvalue weighted by molar-refractivity contribution is 0.0846. The number of carbonyl (C=O) groups excluding carboxylic acids is 2. The van der Waals surface area contributed by atoms with E-state index in [4.69, 9.17) is 4.42 Å². The highest BCUT2D eigenvalue weighted by Gasteiger charge is 2.16. The van der Waals surface area contributed by atoms with Crippen molar-refractivity contribution in [1.29, 1.82) is 0 Å². The van der Waals surface area contributed by atoms with Crippen LogP contribution < -0.4 is 10.9 Å². The molecule has 0 aliphatic rings. The number of benzene rings is 1. The van der Waals surface area contributed by atoms with Gasteiger partial charge in [0.1, 0.15) is 11.5 Å². The molecule has 2 heterocycles. The molecule has 0 spiro atoms. The molecule has 3 rings (SSSR count). The smallest absolute Gasteiger partial charge is 0.273 e. The van der Waals surface area contributed by atoms with Crippen LogP contribution in [0.15, 0.2) is 34.9 Å². The van der Waals surface area contributed by atoms with E-state index in [-0.39, 0.29) is 0 Å². The summed E-state index contributed by atoms with van der Waals surface area (Å²) in [5, 5.41) is 7.48. The first-order valence-corrected chi connectivity index (χ1v) is 6.66. The molecule has 7 nitrogen and oxygen atoms in total. The quantitative estimate of drug-likeness (QED) is 0.628. The number of furan rings is 1. The van der Waals surface area contributed by atoms with Crippen molar-refractivity contribution in [3.63, 3.8) is 0 Å². The van der Waals surface area contributed by atoms with Crippen LogP contribution in [-0.4, -0.2) is 22.0 Å². The number of aromatic amines is 1. The third kappa shape index (κ3) is 2.44. The fraction of sp³-hybridized carbons (Fsp3) is 0.133. The summed E-state index contributed by atoms with van der Waals surface area (Å²) in [7, 11) is 0. The van der Waals surface area contributed by atoms with E-state index in [9.17, 15) is 9.59 Å². The molecule has 0 radical (unpaired) electrons. The summed E-state index contributed by atoms with van der Waals surface area (Å²) in [6, 6.07) is 6.85. The average Bonchev–Trinajstić information content (AvgIpc) is 3.10. The minimum Gasteiger partial charge on any atom is -0.466 e. The minimum absolute atomic E-state index is 0.387. The predicted molar refractivity (Wildman–Crippen MR) is 79.2 cm³/mol. The summed E-state index contributed by atoms with van der Waals surface area (Å²) < 4.78 is 5.29. The fourth-order valence-electron chi connectivity index (χ4n) is 2.26. The van der Waals surface area contributed by atoms with E-state index in [1.165, 1.54) is 0 Å². The molecule has 0 bridgehead atoms. The second-order valence-electron chi connectivity index (χ2n) is 4.87. The van der Waals surface area contributed by atoms with Gasteiger partial charge in [0, 0.05) is 5.39 Å². The number of nitrogens with zero attached hydrogens (tertiary/aromatic N) is 1. The van der Waals surface area contributed by atoms with Crippen molar-refractivity contribution in [2.45, 2.75) is 13.8 Å². The molecule has 3 aromatic rings. The average molecular weight is 298 g/mol. The van der Waals surface area contributed by atoms with Gasteiger partial charge in [-0.15, -0.1) is 0 Å². The number of hydrogen-bond donors (Lipinski definition) is 3. The van der Waals surface area contributed by atoms with Crippen LogP contribution in [-0.2, 0) is 0 Å². The molecule has 22 heavy (non-hydrogen) atoms. The maximum absolute atomic E-state index is 12.2. The van der Waals surface area contributed by atoms with Crippen LogP contribution in [0.4, 0.5) is 0 Å². The number of H-pyrrole nitrogens is 1. The Bertz CT molecular complexity index is 863. The predicted octanol–water partition coefficient (Wildman–Crippen LogP) is 1.85. The van der Waals surface area contributed by atoms with Crippen molar-refractivity contribution in [3.05, 3.63) is 53.1 Å². The lowest BCUT2D eigenvalue weighted by atomic mass is 10.1. The lowest BCUT2D eigenvalue weighted by Gasteiger charge is -2.07. The highest BCUT2D eigenvalue weighted by atomic mass is 16.3. The fourth-order valence-corrected chi connectivity index (χ4v) is 2.26. The number of carbonyl (C=O) groups is 2. The van der Waals surface area contributed by atoms with Crippen LogP contribution in [0.3, 0.4) is 0 Å². The van der Waals surface area contributed by atoms with Crippen molar-refractivity contribution in [3.8, 4) is 0 Å². The highest BCUT2D eigenvalue weighted by molar-refractivity contribution is 6.06. The van der Waals surface area contributed by atoms with Crippen LogP contribution in [0.2, 0.25) is 0 Å². The Morgan fingerprint density at radius 3 is 2.55 bits per heavy atom. The van der Waals surface area contributed by atoms with E-state index in [1.54, 1.807) is 38.2 Å². The first-order chi connectivity index (χ1) is 10.6. The van der Waals surface area contributed by atoms with Crippen LogP contribution >= 0.6 is 0 Å². The molecular formula is C15H14N4O3. The van der Waals surface area contributed by atoms with Crippen molar-refractivity contribution >= 4 is 22.7 Å². The molecule has 1 aromatic carbocycles. The number of hydrogen-bond acceptors (Lipinski definition) is 4. The number of para-hydroxylation sites is 1. The SMILES string of the molecule is Cc1cc(C(=O)NNC(=O)c2cccc3cn[nH]c23)c(C)o1. The van der Waals surface area contributed by atoms with E-state index in [1.807, 2.05) is 6.07 Å². The van der Waals surface area contributed by atoms with Gasteiger partial charge in [0.15, 0.2) is 0 Å². The molecule has 2 amide bonds. The summed E-state index contributed by atoms with van der Waals surface area (Å²) in [4.78, 5) is 24.2. The van der Waals surface area contributed by atoms with Gasteiger partial charge in [-0.2, -0.15) is 5.10 Å². The van der Waals surface area contributed by atoms with Gasteiger partial charge in [-0.1, -0.05) is 12.1 Å². The molecule has 7 heteroatoms. The largest absolute Gasteiger partial charge is 0.466 e. The zero-order chi connectivity index (χ0) is 15.7. The topological polar surface area (TPSA) is 100 Å². The van der Waals surface area contributed by atoms with E-state index >= 15 is 0 Å². The number of rotatable bonds is 2. The van der Waals surface area contributed by atoms with Crippen LogP contribution in [0.1, 0.15) is 32.2 Å². The number of fused-ring (bicyclic) bond motifs is 1. The third-order valence-corrected chi connectivity index (χ3v) is 3.30. The summed E-state index contributed by atoms with van der Waals surface area (Å²) in [6.07, 6.45) is 1.63. The third-order valence-electron chi connectivity index (χ3n) is 3.30. The number of amides is 2. The second-order valence-corrected chi connectivity index (χ2v) is 4.87. The van der Waals surface area contributed by atoms with Gasteiger partial charge in [0.25, 0.3) is 11.8 Å². The zero-order valence-electron chi connectivity index (χ0n) is 12.1. The van der Waals surface area contributed by atoms with E-state index < -0.39 is 11.8 Å². The summed E-state index contributed by atoms with van der Waals surface area (Å²) in [5.41, 5.74) is 6.16. The second kappa shape index (κ2) is 5.36. The molecule has 0 saturated heterocycles. The summed E-state index contributed by atoms with van der Waals surface area (Å²) in [5.74, 6) is 0.275. The molecule has 0 aliphatic heterocycles. The maximum atomic E-state index is 12.2. The van der Waals surface area contributed by atoms with Crippen LogP contribution in [0.5, 0.6) is 0 Å². The minimum atomic E-state index is -0.431. The number of aryl methyl sites for hydroxylation is 2. The highest BCUT2D eigenvalue weighted by Crippen LogP contribution is 2.15. The Morgan fingerprint density at radius 2 is 1.86 bits per heavy atom. The zero-order valence-corrected chi connectivity index (χ0v) is 12.1. The molecular weight excluding hydrogens is 284 g/mol. The van der Waals surface area contributed by atoms with Crippen molar-refractivity contribution in [2.24, 2.45) is 0 Å². The Morgan fingerprint density at radius 1 is 1.14 bits per heavy atom. The standard InChI is InChI=1S/C15H14N4O3/c1-8-6-12(9(2)22-8)15(21)19-18-14(20)11-5-3-4-10-7-16-17-13(10)11/h3-7H,1-2H3,(H,16,17)(H,18,20)(H,19,21). The first-order valence-electron chi connectivity index (χ1n) is 6.66. The maximum Gasteiger partial charge on any atom is 0.273 e. The molecule has 3 N–H and O–H groups in total. The van der Waals surface area contributed by atoms with Crippen molar-refractivity contribution in [2.75, 3.05) is 0 Å². The molecule has 0 atom stereocenters. The van der Waals surface area contributed by atoms with E-state index in [0.717, 1.165) is 5.39 Å². The Kier molecular flexibility index (Phi) is 3.38. The first kappa shape index (κ1) is 13.9. The molecule has 2 aromatic heterocycles. The molecule has 0 fully saturated rings. The Labute approximate surface area is 125 Å². The number of nitrogens with one attached hydrogen (secondary N) is 3.